The second-order valence-corrected chi connectivity index (χ2v) is 5.27. The van der Waals surface area contributed by atoms with Gasteiger partial charge in [0.1, 0.15) is 10.8 Å². The predicted molar refractivity (Wildman–Crippen MR) is 75.1 cm³/mol. The van der Waals surface area contributed by atoms with E-state index < -0.39 is 0 Å². The maximum Gasteiger partial charge on any atom is 0.224 e. The molecular weight excluding hydrogens is 283 g/mol. The number of hydrogen-bond acceptors (Lipinski definition) is 3. The molecular formula is C14H8ClFN2S. The lowest BCUT2D eigenvalue weighted by Crippen LogP contribution is -1.89. The van der Waals surface area contributed by atoms with Crippen LogP contribution in [0, 0.1) is 5.82 Å². The molecule has 0 aliphatic rings. The Morgan fingerprint density at radius 3 is 2.47 bits per heavy atom. The van der Waals surface area contributed by atoms with Crippen molar-refractivity contribution in [3.8, 4) is 0 Å². The fourth-order valence-corrected chi connectivity index (χ4v) is 2.85. The molecule has 0 amide bonds. The SMILES string of the molecule is Fc1ccc(Sc2nc(Cl)nc3ccccc23)cc1. The van der Waals surface area contributed by atoms with Gasteiger partial charge in [0.15, 0.2) is 0 Å². The van der Waals surface area contributed by atoms with E-state index in [1.165, 1.54) is 23.9 Å². The van der Waals surface area contributed by atoms with Crippen molar-refractivity contribution in [2.45, 2.75) is 9.92 Å². The quantitative estimate of drug-likeness (QED) is 0.510. The fourth-order valence-electron chi connectivity index (χ4n) is 1.71. The van der Waals surface area contributed by atoms with E-state index in [0.29, 0.717) is 0 Å². The van der Waals surface area contributed by atoms with Crippen LogP contribution in [0.3, 0.4) is 0 Å². The van der Waals surface area contributed by atoms with E-state index in [0.717, 1.165) is 20.8 Å². The molecule has 1 heterocycles. The van der Waals surface area contributed by atoms with Crippen LogP contribution in [0.15, 0.2) is 58.5 Å². The summed E-state index contributed by atoms with van der Waals surface area (Å²) < 4.78 is 12.9. The molecule has 19 heavy (non-hydrogen) atoms. The zero-order chi connectivity index (χ0) is 13.2. The molecule has 0 saturated heterocycles. The van der Waals surface area contributed by atoms with Crippen LogP contribution in [0.4, 0.5) is 4.39 Å². The first-order valence-electron chi connectivity index (χ1n) is 5.58. The number of benzene rings is 2. The molecule has 3 aromatic rings. The minimum atomic E-state index is -0.255. The van der Waals surface area contributed by atoms with Crippen LogP contribution >= 0.6 is 23.4 Å². The lowest BCUT2D eigenvalue weighted by Gasteiger charge is -2.05. The molecule has 0 fully saturated rings. The highest BCUT2D eigenvalue weighted by Gasteiger charge is 2.08. The van der Waals surface area contributed by atoms with Gasteiger partial charge in [0, 0.05) is 10.3 Å². The van der Waals surface area contributed by atoms with E-state index >= 15 is 0 Å². The van der Waals surface area contributed by atoms with Crippen molar-refractivity contribution in [3.05, 3.63) is 59.6 Å². The first-order valence-corrected chi connectivity index (χ1v) is 6.77. The van der Waals surface area contributed by atoms with Crippen molar-refractivity contribution in [2.75, 3.05) is 0 Å². The normalized spacial score (nSPS) is 10.8. The molecule has 94 valence electrons. The second-order valence-electron chi connectivity index (χ2n) is 3.87. The molecule has 0 radical (unpaired) electrons. The monoisotopic (exact) mass is 290 g/mol. The lowest BCUT2D eigenvalue weighted by atomic mass is 10.2. The summed E-state index contributed by atoms with van der Waals surface area (Å²) in [5.74, 6) is -0.255. The number of fused-ring (bicyclic) bond motifs is 1. The Morgan fingerprint density at radius 2 is 1.68 bits per heavy atom. The third-order valence-electron chi connectivity index (χ3n) is 2.57. The van der Waals surface area contributed by atoms with Crippen LogP contribution in [0.2, 0.25) is 5.28 Å². The largest absolute Gasteiger partial charge is 0.224 e. The molecule has 0 bridgehead atoms. The molecule has 1 aromatic heterocycles. The van der Waals surface area contributed by atoms with Crippen LogP contribution < -0.4 is 0 Å². The average molecular weight is 291 g/mol. The summed E-state index contributed by atoms with van der Waals surface area (Å²) in [5.41, 5.74) is 0.798. The Kier molecular flexibility index (Phi) is 3.36. The molecule has 0 spiro atoms. The molecule has 3 rings (SSSR count). The summed E-state index contributed by atoms with van der Waals surface area (Å²) in [5, 5.41) is 1.91. The zero-order valence-corrected chi connectivity index (χ0v) is 11.2. The van der Waals surface area contributed by atoms with Gasteiger partial charge in [-0.05, 0) is 41.9 Å². The first-order chi connectivity index (χ1) is 9.22. The van der Waals surface area contributed by atoms with Crippen molar-refractivity contribution in [3.63, 3.8) is 0 Å². The van der Waals surface area contributed by atoms with Gasteiger partial charge < -0.3 is 0 Å². The lowest BCUT2D eigenvalue weighted by molar-refractivity contribution is 0.626. The summed E-state index contributed by atoms with van der Waals surface area (Å²) >= 11 is 7.36. The highest BCUT2D eigenvalue weighted by atomic mass is 35.5. The van der Waals surface area contributed by atoms with Crippen molar-refractivity contribution >= 4 is 34.3 Å². The maximum absolute atomic E-state index is 12.9. The second kappa shape index (κ2) is 5.15. The van der Waals surface area contributed by atoms with Gasteiger partial charge in [-0.3, -0.25) is 0 Å². The predicted octanol–water partition coefficient (Wildman–Crippen LogP) is 4.57. The van der Waals surface area contributed by atoms with Crippen molar-refractivity contribution in [1.29, 1.82) is 0 Å². The van der Waals surface area contributed by atoms with Crippen molar-refractivity contribution < 1.29 is 4.39 Å². The van der Waals surface area contributed by atoms with Gasteiger partial charge >= 0.3 is 0 Å². The first kappa shape index (κ1) is 12.4. The Bertz CT molecular complexity index is 731. The maximum atomic E-state index is 12.9. The van der Waals surface area contributed by atoms with Crippen LogP contribution in [-0.4, -0.2) is 9.97 Å². The third kappa shape index (κ3) is 2.69. The Labute approximate surface area is 118 Å². The topological polar surface area (TPSA) is 25.8 Å². The van der Waals surface area contributed by atoms with E-state index in [-0.39, 0.29) is 11.1 Å². The van der Waals surface area contributed by atoms with Crippen molar-refractivity contribution in [1.82, 2.24) is 9.97 Å². The van der Waals surface area contributed by atoms with Gasteiger partial charge in [-0.1, -0.05) is 30.0 Å². The van der Waals surface area contributed by atoms with Gasteiger partial charge in [0.2, 0.25) is 5.28 Å². The molecule has 5 heteroatoms. The number of para-hydroxylation sites is 1. The number of aromatic nitrogens is 2. The molecule has 0 saturated carbocycles. The highest BCUT2D eigenvalue weighted by molar-refractivity contribution is 7.99. The van der Waals surface area contributed by atoms with Gasteiger partial charge in [-0.25, -0.2) is 14.4 Å². The Morgan fingerprint density at radius 1 is 0.947 bits per heavy atom. The van der Waals surface area contributed by atoms with Crippen LogP contribution in [0.5, 0.6) is 0 Å². The summed E-state index contributed by atoms with van der Waals surface area (Å²) in [6.45, 7) is 0. The molecule has 0 atom stereocenters. The highest BCUT2D eigenvalue weighted by Crippen LogP contribution is 2.32. The smallest absolute Gasteiger partial charge is 0.218 e. The average Bonchev–Trinajstić information content (AvgIpc) is 2.41. The molecule has 0 aliphatic carbocycles. The van der Waals surface area contributed by atoms with E-state index in [9.17, 15) is 4.39 Å². The number of nitrogens with zero attached hydrogens (tertiary/aromatic N) is 2. The van der Waals surface area contributed by atoms with Crippen molar-refractivity contribution in [2.24, 2.45) is 0 Å². The summed E-state index contributed by atoms with van der Waals surface area (Å²) in [6, 6.07) is 13.9. The minimum absolute atomic E-state index is 0.211. The molecule has 0 N–H and O–H groups in total. The number of hydrogen-bond donors (Lipinski definition) is 0. The third-order valence-corrected chi connectivity index (χ3v) is 3.75. The van der Waals surface area contributed by atoms with E-state index in [4.69, 9.17) is 11.6 Å². The van der Waals surface area contributed by atoms with Crippen LogP contribution in [0.25, 0.3) is 10.9 Å². The van der Waals surface area contributed by atoms with E-state index in [1.54, 1.807) is 12.1 Å². The van der Waals surface area contributed by atoms with Gasteiger partial charge in [0.25, 0.3) is 0 Å². The zero-order valence-electron chi connectivity index (χ0n) is 9.68. The molecule has 2 aromatic carbocycles. The Hall–Kier alpha value is -1.65. The Balaban J connectivity index is 2.07. The summed E-state index contributed by atoms with van der Waals surface area (Å²) in [6.07, 6.45) is 0. The molecule has 2 nitrogen and oxygen atoms in total. The molecule has 0 unspecified atom stereocenters. The van der Waals surface area contributed by atoms with E-state index in [1.807, 2.05) is 24.3 Å². The van der Waals surface area contributed by atoms with Crippen LogP contribution in [0.1, 0.15) is 0 Å². The number of rotatable bonds is 2. The van der Waals surface area contributed by atoms with E-state index in [2.05, 4.69) is 9.97 Å². The minimum Gasteiger partial charge on any atom is -0.218 e. The standard InChI is InChI=1S/C14H8ClFN2S/c15-14-17-12-4-2-1-3-11(12)13(18-14)19-10-7-5-9(16)6-8-10/h1-8H. The van der Waals surface area contributed by atoms with Gasteiger partial charge in [0.05, 0.1) is 5.52 Å². The molecule has 0 aliphatic heterocycles. The summed E-state index contributed by atoms with van der Waals surface area (Å²) in [4.78, 5) is 9.32. The summed E-state index contributed by atoms with van der Waals surface area (Å²) in [7, 11) is 0. The van der Waals surface area contributed by atoms with Gasteiger partial charge in [-0.15, -0.1) is 0 Å². The van der Waals surface area contributed by atoms with Gasteiger partial charge in [-0.2, -0.15) is 0 Å². The van der Waals surface area contributed by atoms with Crippen LogP contribution in [-0.2, 0) is 0 Å². The fraction of sp³-hybridized carbons (Fsp3) is 0. The number of halogens is 2.